The van der Waals surface area contributed by atoms with Gasteiger partial charge in [0.05, 0.1) is 12.6 Å². The Morgan fingerprint density at radius 2 is 2.08 bits per heavy atom. The van der Waals surface area contributed by atoms with E-state index in [9.17, 15) is 13.2 Å². The number of guanidine groups is 1. The predicted octanol–water partition coefficient (Wildman–Crippen LogP) is 3.83. The van der Waals surface area contributed by atoms with E-state index in [1.807, 2.05) is 6.92 Å². The third-order valence-electron chi connectivity index (χ3n) is 3.73. The number of alkyl halides is 3. The van der Waals surface area contributed by atoms with Gasteiger partial charge in [0, 0.05) is 25.3 Å². The van der Waals surface area contributed by atoms with Crippen LogP contribution in [0.5, 0.6) is 5.75 Å². The predicted molar refractivity (Wildman–Crippen MR) is 105 cm³/mol. The maximum absolute atomic E-state index is 12.5. The van der Waals surface area contributed by atoms with Crippen molar-refractivity contribution in [3.63, 3.8) is 0 Å². The summed E-state index contributed by atoms with van der Waals surface area (Å²) in [6, 6.07) is 6.02. The molecule has 0 spiro atoms. The Hall–Kier alpha value is -1.23. The van der Waals surface area contributed by atoms with E-state index < -0.39 is 6.36 Å². The highest BCUT2D eigenvalue weighted by molar-refractivity contribution is 14.0. The Bertz CT molecular complexity index is 564. The first-order chi connectivity index (χ1) is 12.0. The quantitative estimate of drug-likeness (QED) is 0.349. The molecule has 1 aromatic carbocycles. The van der Waals surface area contributed by atoms with E-state index in [0.29, 0.717) is 24.6 Å². The summed E-state index contributed by atoms with van der Waals surface area (Å²) in [6.45, 7) is 4.18. The van der Waals surface area contributed by atoms with Gasteiger partial charge in [-0.15, -0.1) is 37.1 Å². The number of nitrogens with zero attached hydrogens (tertiary/aromatic N) is 1. The van der Waals surface area contributed by atoms with E-state index in [1.165, 1.54) is 12.1 Å². The van der Waals surface area contributed by atoms with Gasteiger partial charge in [-0.25, -0.2) is 4.99 Å². The first kappa shape index (κ1) is 22.8. The summed E-state index contributed by atoms with van der Waals surface area (Å²) in [5, 5.41) is 6.26. The fraction of sp³-hybridized carbons (Fsp3) is 0.588. The van der Waals surface area contributed by atoms with Crippen LogP contribution in [-0.2, 0) is 11.3 Å². The van der Waals surface area contributed by atoms with Gasteiger partial charge in [-0.05, 0) is 32.3 Å². The fourth-order valence-corrected chi connectivity index (χ4v) is 2.59. The molecule has 1 fully saturated rings. The van der Waals surface area contributed by atoms with Crippen molar-refractivity contribution in [1.82, 2.24) is 10.6 Å². The highest BCUT2D eigenvalue weighted by atomic mass is 127. The summed E-state index contributed by atoms with van der Waals surface area (Å²) in [5.41, 5.74) is 0.371. The minimum Gasteiger partial charge on any atom is -0.405 e. The normalized spacial score (nSPS) is 17.5. The molecule has 1 atom stereocenters. The lowest BCUT2D eigenvalue weighted by atomic mass is 10.2. The number of hydrogen-bond donors (Lipinski definition) is 2. The average Bonchev–Trinajstić information content (AvgIpc) is 3.06. The van der Waals surface area contributed by atoms with Gasteiger partial charge in [0.15, 0.2) is 5.96 Å². The van der Waals surface area contributed by atoms with Gasteiger partial charge in [0.2, 0.25) is 0 Å². The van der Waals surface area contributed by atoms with Crippen LogP contribution >= 0.6 is 24.0 Å². The summed E-state index contributed by atoms with van der Waals surface area (Å²) < 4.78 is 47.0. The number of aliphatic imine (C=N–C) groups is 1. The molecule has 2 rings (SSSR count). The molecule has 0 aliphatic carbocycles. The lowest BCUT2D eigenvalue weighted by molar-refractivity contribution is -0.274. The van der Waals surface area contributed by atoms with Gasteiger partial charge >= 0.3 is 6.36 Å². The zero-order valence-electron chi connectivity index (χ0n) is 14.6. The lowest BCUT2D eigenvalue weighted by Crippen LogP contribution is -2.38. The monoisotopic (exact) mass is 487 g/mol. The fourth-order valence-electron chi connectivity index (χ4n) is 2.59. The number of para-hydroxylation sites is 1. The minimum atomic E-state index is -4.72. The van der Waals surface area contributed by atoms with Crippen molar-refractivity contribution in [2.75, 3.05) is 19.7 Å². The van der Waals surface area contributed by atoms with Gasteiger partial charge in [-0.1, -0.05) is 18.2 Å². The topological polar surface area (TPSA) is 54.9 Å². The number of halogens is 4. The molecule has 1 aliphatic rings. The van der Waals surface area contributed by atoms with E-state index in [4.69, 9.17) is 4.74 Å². The average molecular weight is 487 g/mol. The molecular formula is C17H25F3IN3O2. The second-order valence-electron chi connectivity index (χ2n) is 5.70. The first-order valence-electron chi connectivity index (χ1n) is 8.45. The molecule has 1 aliphatic heterocycles. The molecule has 0 bridgehead atoms. The molecule has 1 saturated heterocycles. The van der Waals surface area contributed by atoms with E-state index in [1.54, 1.807) is 12.1 Å². The van der Waals surface area contributed by atoms with Crippen LogP contribution in [0, 0.1) is 0 Å². The molecule has 148 valence electrons. The summed E-state index contributed by atoms with van der Waals surface area (Å²) in [6.07, 6.45) is -1.41. The van der Waals surface area contributed by atoms with Crippen LogP contribution in [0.1, 0.15) is 31.7 Å². The van der Waals surface area contributed by atoms with Crippen molar-refractivity contribution < 1.29 is 22.6 Å². The zero-order valence-corrected chi connectivity index (χ0v) is 17.0. The summed E-state index contributed by atoms with van der Waals surface area (Å²) in [4.78, 5) is 4.34. The molecule has 0 amide bonds. The highest BCUT2D eigenvalue weighted by Gasteiger charge is 2.31. The van der Waals surface area contributed by atoms with Gasteiger partial charge < -0.3 is 20.1 Å². The Kier molecular flexibility index (Phi) is 10.1. The van der Waals surface area contributed by atoms with Crippen molar-refractivity contribution in [3.05, 3.63) is 29.8 Å². The smallest absolute Gasteiger partial charge is 0.405 e. The molecule has 1 unspecified atom stereocenters. The van der Waals surface area contributed by atoms with Gasteiger partial charge in [-0.3, -0.25) is 0 Å². The van der Waals surface area contributed by atoms with Crippen molar-refractivity contribution in [3.8, 4) is 5.75 Å². The van der Waals surface area contributed by atoms with Crippen LogP contribution in [0.3, 0.4) is 0 Å². The Morgan fingerprint density at radius 1 is 1.31 bits per heavy atom. The number of ether oxygens (including phenoxy) is 2. The second-order valence-corrected chi connectivity index (χ2v) is 5.70. The summed E-state index contributed by atoms with van der Waals surface area (Å²) >= 11 is 0. The highest BCUT2D eigenvalue weighted by Crippen LogP contribution is 2.26. The van der Waals surface area contributed by atoms with Gasteiger partial charge in [0.1, 0.15) is 5.75 Å². The first-order valence-corrected chi connectivity index (χ1v) is 8.45. The van der Waals surface area contributed by atoms with Crippen molar-refractivity contribution in [2.45, 2.75) is 45.2 Å². The Labute approximate surface area is 168 Å². The molecule has 1 heterocycles. The third-order valence-corrected chi connectivity index (χ3v) is 3.73. The SMILES string of the molecule is CCNC(=NCc1ccccc1OC(F)(F)F)NCCC1CCCO1.I. The molecule has 9 heteroatoms. The van der Waals surface area contributed by atoms with Crippen LogP contribution in [0.15, 0.2) is 29.3 Å². The third kappa shape index (κ3) is 8.43. The van der Waals surface area contributed by atoms with Gasteiger partial charge in [-0.2, -0.15) is 0 Å². The van der Waals surface area contributed by atoms with E-state index in [0.717, 1.165) is 25.9 Å². The summed E-state index contributed by atoms with van der Waals surface area (Å²) in [5.74, 6) is 0.330. The van der Waals surface area contributed by atoms with Crippen LogP contribution in [0.25, 0.3) is 0 Å². The van der Waals surface area contributed by atoms with Crippen LogP contribution in [-0.4, -0.2) is 38.1 Å². The number of nitrogens with one attached hydrogen (secondary N) is 2. The van der Waals surface area contributed by atoms with Crippen LogP contribution in [0.4, 0.5) is 13.2 Å². The molecular weight excluding hydrogens is 462 g/mol. The van der Waals surface area contributed by atoms with Gasteiger partial charge in [0.25, 0.3) is 0 Å². The standard InChI is InChI=1S/C17H24F3N3O2.HI/c1-2-21-16(22-10-9-14-7-5-11-24-14)23-12-13-6-3-4-8-15(13)25-17(18,19)20;/h3-4,6,8,14H,2,5,7,9-12H2,1H3,(H2,21,22,23);1H. The molecule has 0 saturated carbocycles. The molecule has 5 nitrogen and oxygen atoms in total. The van der Waals surface area contributed by atoms with Crippen LogP contribution in [0.2, 0.25) is 0 Å². The lowest BCUT2D eigenvalue weighted by Gasteiger charge is -2.15. The maximum Gasteiger partial charge on any atom is 0.573 e. The van der Waals surface area contributed by atoms with Crippen molar-refractivity contribution in [1.29, 1.82) is 0 Å². The van der Waals surface area contributed by atoms with E-state index in [2.05, 4.69) is 20.4 Å². The molecule has 26 heavy (non-hydrogen) atoms. The zero-order chi connectivity index (χ0) is 18.1. The molecule has 0 aromatic heterocycles. The number of rotatable bonds is 7. The summed E-state index contributed by atoms with van der Waals surface area (Å²) in [7, 11) is 0. The Balaban J connectivity index is 0.00000338. The van der Waals surface area contributed by atoms with Crippen molar-refractivity contribution >= 4 is 29.9 Å². The van der Waals surface area contributed by atoms with E-state index >= 15 is 0 Å². The molecule has 1 aromatic rings. The number of hydrogen-bond acceptors (Lipinski definition) is 3. The second kappa shape index (κ2) is 11.5. The van der Waals surface area contributed by atoms with Crippen LogP contribution < -0.4 is 15.4 Å². The number of benzene rings is 1. The van der Waals surface area contributed by atoms with Crippen molar-refractivity contribution in [2.24, 2.45) is 4.99 Å². The largest absolute Gasteiger partial charge is 0.573 e. The molecule has 2 N–H and O–H groups in total. The Morgan fingerprint density at radius 3 is 2.73 bits per heavy atom. The molecule has 0 radical (unpaired) electrons. The maximum atomic E-state index is 12.5. The van der Waals surface area contributed by atoms with E-state index in [-0.39, 0.29) is 42.4 Å². The minimum absolute atomic E-state index is 0.